The highest BCUT2D eigenvalue weighted by Gasteiger charge is 2.27. The highest BCUT2D eigenvalue weighted by atomic mass is 19.1. The van der Waals surface area contributed by atoms with Crippen LogP contribution < -0.4 is 18.9 Å². The molecule has 3 aromatic rings. The number of hydrogen-bond acceptors (Lipinski definition) is 8. The minimum absolute atomic E-state index is 0.0556. The Balaban J connectivity index is 2.37. The lowest BCUT2D eigenvalue weighted by Gasteiger charge is -2.19. The highest BCUT2D eigenvalue weighted by molar-refractivity contribution is 5.94. The zero-order chi connectivity index (χ0) is 34.6. The van der Waals surface area contributed by atoms with Gasteiger partial charge in [0.15, 0.2) is 0 Å². The van der Waals surface area contributed by atoms with Gasteiger partial charge in [-0.05, 0) is 39.8 Å². The molecule has 0 aromatic heterocycles. The number of benzene rings is 3. The maximum absolute atomic E-state index is 15.5. The summed E-state index contributed by atoms with van der Waals surface area (Å²) < 4.78 is 82.4. The van der Waals surface area contributed by atoms with Gasteiger partial charge in [-0.25, -0.2) is 36.7 Å². The molecule has 0 amide bonds. The Morgan fingerprint density at radius 2 is 0.696 bits per heavy atom. The Morgan fingerprint density at radius 3 is 0.935 bits per heavy atom. The fraction of sp³-hybridized carbons (Fsp3) is 0.118. The number of esters is 4. The third-order valence-corrected chi connectivity index (χ3v) is 5.87. The lowest BCUT2D eigenvalue weighted by atomic mass is 9.96. The second-order valence-electron chi connectivity index (χ2n) is 10.0. The zero-order valence-electron chi connectivity index (χ0n) is 25.1. The largest absolute Gasteiger partial charge is 0.423 e. The van der Waals surface area contributed by atoms with Crippen molar-refractivity contribution < 1.29 is 55.7 Å². The maximum atomic E-state index is 15.5. The van der Waals surface area contributed by atoms with E-state index in [0.717, 1.165) is 12.1 Å². The molecule has 3 rings (SSSR count). The predicted octanol–water partition coefficient (Wildman–Crippen LogP) is 7.50. The Hall–Kier alpha value is -5.78. The van der Waals surface area contributed by atoms with Crippen molar-refractivity contribution in [3.05, 3.63) is 108 Å². The minimum atomic E-state index is -1.33. The van der Waals surface area contributed by atoms with E-state index in [0.29, 0.717) is 24.3 Å². The van der Waals surface area contributed by atoms with Crippen molar-refractivity contribution >= 4 is 23.9 Å². The van der Waals surface area contributed by atoms with E-state index in [-0.39, 0.29) is 22.3 Å². The van der Waals surface area contributed by atoms with E-state index < -0.39 is 92.4 Å². The van der Waals surface area contributed by atoms with Crippen molar-refractivity contribution in [2.45, 2.75) is 27.7 Å². The van der Waals surface area contributed by atoms with Crippen LogP contribution in [0.4, 0.5) is 17.6 Å². The van der Waals surface area contributed by atoms with Crippen LogP contribution in [0, 0.1) is 23.3 Å². The fourth-order valence-corrected chi connectivity index (χ4v) is 3.61. The normalized spacial score (nSPS) is 10.4. The first kappa shape index (κ1) is 34.7. The number of carbonyl (C=O) groups excluding carboxylic acids is 4. The number of rotatable bonds is 10. The molecule has 0 saturated carbocycles. The van der Waals surface area contributed by atoms with Gasteiger partial charge in [0.2, 0.25) is 0 Å². The van der Waals surface area contributed by atoms with E-state index in [1.165, 1.54) is 27.7 Å². The van der Waals surface area contributed by atoms with Crippen LogP contribution in [-0.2, 0) is 19.2 Å². The second kappa shape index (κ2) is 13.9. The molecule has 0 aliphatic rings. The molecule has 0 saturated heterocycles. The van der Waals surface area contributed by atoms with E-state index >= 15 is 17.6 Å². The molecule has 0 bridgehead atoms. The molecule has 238 valence electrons. The van der Waals surface area contributed by atoms with Gasteiger partial charge < -0.3 is 18.9 Å². The van der Waals surface area contributed by atoms with E-state index in [1.807, 2.05) is 0 Å². The van der Waals surface area contributed by atoms with E-state index in [2.05, 4.69) is 26.3 Å². The number of halogens is 4. The van der Waals surface area contributed by atoms with Gasteiger partial charge in [-0.3, -0.25) is 0 Å². The van der Waals surface area contributed by atoms with Crippen LogP contribution in [0.15, 0.2) is 85.0 Å². The minimum Gasteiger partial charge on any atom is -0.423 e. The molecule has 0 aliphatic heterocycles. The third-order valence-electron chi connectivity index (χ3n) is 5.87. The molecule has 12 heteroatoms. The van der Waals surface area contributed by atoms with Gasteiger partial charge in [-0.15, -0.1) is 0 Å². The molecule has 0 unspecified atom stereocenters. The fourth-order valence-electron chi connectivity index (χ4n) is 3.61. The molecule has 3 aromatic carbocycles. The summed E-state index contributed by atoms with van der Waals surface area (Å²) in [6.07, 6.45) is 0. The Morgan fingerprint density at radius 1 is 0.457 bits per heavy atom. The van der Waals surface area contributed by atoms with Gasteiger partial charge in [0.05, 0.1) is 11.1 Å². The van der Waals surface area contributed by atoms with E-state index in [9.17, 15) is 19.2 Å². The first-order chi connectivity index (χ1) is 21.4. The van der Waals surface area contributed by atoms with Crippen molar-refractivity contribution in [2.75, 3.05) is 0 Å². The van der Waals surface area contributed by atoms with Gasteiger partial charge >= 0.3 is 23.9 Å². The molecule has 0 N–H and O–H groups in total. The van der Waals surface area contributed by atoms with Crippen molar-refractivity contribution in [1.82, 2.24) is 0 Å². The molecular weight excluding hydrogens is 612 g/mol. The SMILES string of the molecule is C=C(C)C(=O)Oc1cc(F)c(-c2cc(OC(=O)C(=C)C)c(-c3c(F)cc(OC(=O)C(=C)C)cc3F)cc2OC(=O)C(=C)C)c(F)c1. The first-order valence-electron chi connectivity index (χ1n) is 13.1. The summed E-state index contributed by atoms with van der Waals surface area (Å²) in [7, 11) is 0. The van der Waals surface area contributed by atoms with Gasteiger partial charge in [0.25, 0.3) is 0 Å². The number of carbonyl (C=O) groups is 4. The van der Waals surface area contributed by atoms with Gasteiger partial charge in [-0.1, -0.05) is 26.3 Å². The molecule has 8 nitrogen and oxygen atoms in total. The third kappa shape index (κ3) is 7.83. The van der Waals surface area contributed by atoms with E-state index in [4.69, 9.17) is 18.9 Å². The molecular formula is C34H26F4O8. The molecule has 0 spiro atoms. The second-order valence-corrected chi connectivity index (χ2v) is 10.0. The quantitative estimate of drug-likeness (QED) is 0.0973. The van der Waals surface area contributed by atoms with Crippen LogP contribution in [0.5, 0.6) is 23.0 Å². The Kier molecular flexibility index (Phi) is 10.5. The Bertz CT molecular complexity index is 1690. The summed E-state index contributed by atoms with van der Waals surface area (Å²) >= 11 is 0. The predicted molar refractivity (Wildman–Crippen MR) is 159 cm³/mol. The van der Waals surface area contributed by atoms with Gasteiger partial charge in [0.1, 0.15) is 46.3 Å². The molecule has 46 heavy (non-hydrogen) atoms. The van der Waals surface area contributed by atoms with E-state index in [1.54, 1.807) is 0 Å². The molecule has 0 radical (unpaired) electrons. The molecule has 0 heterocycles. The summed E-state index contributed by atoms with van der Waals surface area (Å²) in [6.45, 7) is 18.8. The van der Waals surface area contributed by atoms with Crippen LogP contribution in [0.25, 0.3) is 22.3 Å². The molecule has 0 aliphatic carbocycles. The average Bonchev–Trinajstić information content (AvgIpc) is 2.93. The maximum Gasteiger partial charge on any atom is 0.338 e. The lowest BCUT2D eigenvalue weighted by Crippen LogP contribution is -2.13. The number of hydrogen-bond donors (Lipinski definition) is 0. The summed E-state index contributed by atoms with van der Waals surface area (Å²) in [6, 6.07) is 4.24. The van der Waals surface area contributed by atoms with Gasteiger partial charge in [0, 0.05) is 57.7 Å². The van der Waals surface area contributed by atoms with Gasteiger partial charge in [-0.2, -0.15) is 0 Å². The topological polar surface area (TPSA) is 105 Å². The average molecular weight is 639 g/mol. The highest BCUT2D eigenvalue weighted by Crippen LogP contribution is 2.45. The van der Waals surface area contributed by atoms with Crippen LogP contribution >= 0.6 is 0 Å². The first-order valence-corrected chi connectivity index (χ1v) is 13.1. The Labute approximate surface area is 260 Å². The monoisotopic (exact) mass is 638 g/mol. The van der Waals surface area contributed by atoms with Crippen LogP contribution in [0.3, 0.4) is 0 Å². The van der Waals surface area contributed by atoms with Crippen molar-refractivity contribution in [1.29, 1.82) is 0 Å². The smallest absolute Gasteiger partial charge is 0.338 e. The summed E-state index contributed by atoms with van der Waals surface area (Å²) in [5, 5.41) is 0. The summed E-state index contributed by atoms with van der Waals surface area (Å²) in [5.41, 5.74) is -3.25. The van der Waals surface area contributed by atoms with Crippen LogP contribution in [0.2, 0.25) is 0 Å². The van der Waals surface area contributed by atoms with Crippen LogP contribution in [0.1, 0.15) is 27.7 Å². The van der Waals surface area contributed by atoms with Crippen molar-refractivity contribution in [2.24, 2.45) is 0 Å². The summed E-state index contributed by atoms with van der Waals surface area (Å²) in [4.78, 5) is 48.9. The van der Waals surface area contributed by atoms with Crippen molar-refractivity contribution in [3.63, 3.8) is 0 Å². The molecule has 0 fully saturated rings. The van der Waals surface area contributed by atoms with Crippen LogP contribution in [-0.4, -0.2) is 23.9 Å². The van der Waals surface area contributed by atoms with Crippen molar-refractivity contribution in [3.8, 4) is 45.3 Å². The lowest BCUT2D eigenvalue weighted by molar-refractivity contribution is -0.131. The molecule has 0 atom stereocenters. The number of ether oxygens (including phenoxy) is 4. The summed E-state index contributed by atoms with van der Waals surface area (Å²) in [5.74, 6) is -11.8. The zero-order valence-corrected chi connectivity index (χ0v) is 25.1. The standard InChI is InChI=1S/C34H26F4O8/c1-15(2)31(39)43-19-9-23(35)29(24(36)10-19)21-13-28(46-34(42)18(7)8)22(14-27(21)45-33(41)17(5)6)30-25(37)11-20(12-26(30)38)44-32(40)16(3)4/h9-14H,1,3,5,7H2,2,4,6,8H3.